The smallest absolute Gasteiger partial charge is 0.144 e. The van der Waals surface area contributed by atoms with Crippen LogP contribution in [0.15, 0.2) is 30.3 Å². The highest BCUT2D eigenvalue weighted by atomic mass is 32.2. The van der Waals surface area contributed by atoms with E-state index in [0.717, 1.165) is 23.4 Å². The van der Waals surface area contributed by atoms with Gasteiger partial charge in [0.15, 0.2) is 0 Å². The molecular weight excluding hydrogens is 246 g/mol. The van der Waals surface area contributed by atoms with E-state index in [1.54, 1.807) is 0 Å². The molecule has 1 aromatic rings. The van der Waals surface area contributed by atoms with Gasteiger partial charge in [0.25, 0.3) is 0 Å². The minimum absolute atomic E-state index is 0.118. The Morgan fingerprint density at radius 2 is 1.89 bits per heavy atom. The Labute approximate surface area is 110 Å². The minimum atomic E-state index is -2.39. The topological polar surface area (TPSA) is 37.4 Å². The first kappa shape index (κ1) is 13.1. The molecule has 0 spiro atoms. The molecule has 4 heteroatoms. The highest BCUT2D eigenvalue weighted by Gasteiger charge is 2.30. The summed E-state index contributed by atoms with van der Waals surface area (Å²) in [4.78, 5) is 2.30. The lowest BCUT2D eigenvalue weighted by molar-refractivity contribution is 0.566. The average Bonchev–Trinajstić information content (AvgIpc) is 2.27. The first-order valence-electron chi connectivity index (χ1n) is 6.16. The summed E-state index contributed by atoms with van der Waals surface area (Å²) in [5.41, 5.74) is 2.93. The van der Waals surface area contributed by atoms with Crippen LogP contribution in [0.5, 0.6) is 0 Å². The standard InChI is InChI=1S/C14H19NO2S/c1-4-15-13-8-6-5-7-12(13)11(10-18(16)17)9-14(15,2)3/h5-9,18H,4,10H2,1-3H3. The predicted molar refractivity (Wildman–Crippen MR) is 76.7 cm³/mol. The highest BCUT2D eigenvalue weighted by Crippen LogP contribution is 2.38. The van der Waals surface area contributed by atoms with Crippen molar-refractivity contribution in [1.29, 1.82) is 0 Å². The van der Waals surface area contributed by atoms with Gasteiger partial charge in [-0.1, -0.05) is 24.3 Å². The molecule has 3 nitrogen and oxygen atoms in total. The third kappa shape index (κ3) is 2.29. The van der Waals surface area contributed by atoms with Gasteiger partial charge in [-0.05, 0) is 32.4 Å². The van der Waals surface area contributed by atoms with Crippen LogP contribution >= 0.6 is 0 Å². The zero-order valence-electron chi connectivity index (χ0n) is 11.0. The number of fused-ring (bicyclic) bond motifs is 1. The monoisotopic (exact) mass is 265 g/mol. The zero-order valence-corrected chi connectivity index (χ0v) is 11.9. The first-order chi connectivity index (χ1) is 8.45. The number of thiol groups is 1. The summed E-state index contributed by atoms with van der Waals surface area (Å²) in [7, 11) is -2.39. The minimum Gasteiger partial charge on any atom is -0.363 e. The van der Waals surface area contributed by atoms with Crippen LogP contribution in [0.25, 0.3) is 5.57 Å². The Morgan fingerprint density at radius 1 is 1.22 bits per heavy atom. The van der Waals surface area contributed by atoms with Crippen molar-refractivity contribution >= 4 is 22.0 Å². The van der Waals surface area contributed by atoms with Gasteiger partial charge in [-0.2, -0.15) is 0 Å². The zero-order chi connectivity index (χ0) is 13.3. The lowest BCUT2D eigenvalue weighted by atomic mass is 9.89. The summed E-state index contributed by atoms with van der Waals surface area (Å²) in [6.45, 7) is 7.25. The molecule has 0 aromatic heterocycles. The van der Waals surface area contributed by atoms with Crippen molar-refractivity contribution in [2.24, 2.45) is 0 Å². The van der Waals surface area contributed by atoms with Crippen LogP contribution in [0, 0.1) is 0 Å². The fraction of sp³-hybridized carbons (Fsp3) is 0.429. The number of hydrogen-bond donors (Lipinski definition) is 1. The molecule has 0 amide bonds. The maximum atomic E-state index is 11.0. The van der Waals surface area contributed by atoms with Crippen LogP contribution < -0.4 is 4.90 Å². The van der Waals surface area contributed by atoms with E-state index in [4.69, 9.17) is 0 Å². The quantitative estimate of drug-likeness (QED) is 0.852. The molecule has 0 fully saturated rings. The van der Waals surface area contributed by atoms with E-state index in [0.29, 0.717) is 0 Å². The van der Waals surface area contributed by atoms with Crippen LogP contribution in [-0.2, 0) is 10.7 Å². The Morgan fingerprint density at radius 3 is 2.50 bits per heavy atom. The van der Waals surface area contributed by atoms with E-state index in [-0.39, 0.29) is 11.3 Å². The Bertz CT molecular complexity index is 551. The summed E-state index contributed by atoms with van der Waals surface area (Å²) in [6, 6.07) is 8.01. The van der Waals surface area contributed by atoms with Gasteiger partial charge in [0, 0.05) is 17.8 Å². The highest BCUT2D eigenvalue weighted by molar-refractivity contribution is 7.72. The number of benzene rings is 1. The molecule has 18 heavy (non-hydrogen) atoms. The fourth-order valence-corrected chi connectivity index (χ4v) is 3.26. The van der Waals surface area contributed by atoms with Crippen molar-refractivity contribution in [1.82, 2.24) is 0 Å². The van der Waals surface area contributed by atoms with Gasteiger partial charge in [-0.25, -0.2) is 8.42 Å². The maximum absolute atomic E-state index is 11.0. The van der Waals surface area contributed by atoms with Crippen molar-refractivity contribution in [3.8, 4) is 0 Å². The SMILES string of the molecule is CCN1c2ccccc2C(C[SH](=O)=O)=CC1(C)C. The molecule has 0 unspecified atom stereocenters. The number of hydrogen-bond acceptors (Lipinski definition) is 3. The number of rotatable bonds is 3. The van der Waals surface area contributed by atoms with E-state index < -0.39 is 10.7 Å². The lowest BCUT2D eigenvalue weighted by Gasteiger charge is -2.43. The van der Waals surface area contributed by atoms with Crippen molar-refractivity contribution < 1.29 is 8.42 Å². The molecule has 0 radical (unpaired) electrons. The van der Waals surface area contributed by atoms with Gasteiger partial charge in [-0.3, -0.25) is 0 Å². The summed E-state index contributed by atoms with van der Waals surface area (Å²) in [5, 5.41) is 0. The van der Waals surface area contributed by atoms with Gasteiger partial charge < -0.3 is 4.90 Å². The van der Waals surface area contributed by atoms with Crippen LogP contribution in [0.4, 0.5) is 5.69 Å². The first-order valence-corrected chi connectivity index (χ1v) is 7.52. The molecule has 0 aliphatic carbocycles. The molecule has 1 aliphatic rings. The lowest BCUT2D eigenvalue weighted by Crippen LogP contribution is -2.45. The van der Waals surface area contributed by atoms with Crippen LogP contribution in [0.1, 0.15) is 26.3 Å². The van der Waals surface area contributed by atoms with E-state index in [1.807, 2.05) is 18.2 Å². The molecule has 1 aromatic carbocycles. The third-order valence-electron chi connectivity index (χ3n) is 3.38. The number of nitrogens with zero attached hydrogens (tertiary/aromatic N) is 1. The van der Waals surface area contributed by atoms with Gasteiger partial charge in [-0.15, -0.1) is 0 Å². The van der Waals surface area contributed by atoms with Crippen LogP contribution in [0.3, 0.4) is 0 Å². The summed E-state index contributed by atoms with van der Waals surface area (Å²) in [6.07, 6.45) is 2.07. The molecular formula is C14H19NO2S. The van der Waals surface area contributed by atoms with Gasteiger partial charge in [0.2, 0.25) is 0 Å². The van der Waals surface area contributed by atoms with Crippen molar-refractivity contribution in [2.45, 2.75) is 26.3 Å². The predicted octanol–water partition coefficient (Wildman–Crippen LogP) is 2.30. The van der Waals surface area contributed by atoms with Crippen molar-refractivity contribution in [3.05, 3.63) is 35.9 Å². The second-order valence-corrected chi connectivity index (χ2v) is 6.06. The molecule has 2 rings (SSSR count). The molecule has 0 saturated carbocycles. The summed E-state index contributed by atoms with van der Waals surface area (Å²) < 4.78 is 22.0. The molecule has 98 valence electrons. The number of anilines is 1. The van der Waals surface area contributed by atoms with E-state index in [9.17, 15) is 8.42 Å². The van der Waals surface area contributed by atoms with Crippen molar-refractivity contribution in [2.75, 3.05) is 17.2 Å². The molecule has 0 bridgehead atoms. The number of para-hydroxylation sites is 1. The van der Waals surface area contributed by atoms with E-state index in [1.165, 1.54) is 0 Å². The van der Waals surface area contributed by atoms with Crippen LogP contribution in [-0.4, -0.2) is 26.3 Å². The van der Waals surface area contributed by atoms with E-state index >= 15 is 0 Å². The van der Waals surface area contributed by atoms with Crippen LogP contribution in [0.2, 0.25) is 0 Å². The van der Waals surface area contributed by atoms with Gasteiger partial charge in [0.1, 0.15) is 10.7 Å². The average molecular weight is 265 g/mol. The normalized spacial score (nSPS) is 17.6. The summed E-state index contributed by atoms with van der Waals surface area (Å²) >= 11 is 0. The maximum Gasteiger partial charge on any atom is 0.144 e. The fourth-order valence-electron chi connectivity index (χ4n) is 2.72. The van der Waals surface area contributed by atoms with E-state index in [2.05, 4.69) is 37.8 Å². The molecule has 1 aliphatic heterocycles. The molecule has 0 N–H and O–H groups in total. The molecule has 0 saturated heterocycles. The number of likely N-dealkylation sites (N-methyl/N-ethyl adjacent to an activating group) is 1. The Hall–Kier alpha value is -1.29. The molecule has 0 atom stereocenters. The van der Waals surface area contributed by atoms with Crippen molar-refractivity contribution in [3.63, 3.8) is 0 Å². The summed E-state index contributed by atoms with van der Waals surface area (Å²) in [5.74, 6) is 0.118. The second kappa shape index (κ2) is 4.76. The third-order valence-corrected chi connectivity index (χ3v) is 3.98. The Balaban J connectivity index is 2.58. The van der Waals surface area contributed by atoms with Gasteiger partial charge >= 0.3 is 0 Å². The molecule has 1 heterocycles. The largest absolute Gasteiger partial charge is 0.363 e. The van der Waals surface area contributed by atoms with Gasteiger partial charge in [0.05, 0.1) is 11.3 Å². The Kier molecular flexibility index (Phi) is 3.48. The second-order valence-electron chi connectivity index (χ2n) is 5.08.